The molecule has 0 atom stereocenters. The van der Waals surface area contributed by atoms with Gasteiger partial charge in [0.15, 0.2) is 0 Å². The van der Waals surface area contributed by atoms with Crippen molar-refractivity contribution in [3.05, 3.63) is 0 Å². The molecule has 0 unspecified atom stereocenters. The van der Waals surface area contributed by atoms with Gasteiger partial charge in [-0.05, 0) is 13.3 Å². The van der Waals surface area contributed by atoms with Gasteiger partial charge in [0.05, 0.1) is 6.61 Å². The average molecular weight is 280 g/mol. The van der Waals surface area contributed by atoms with Gasteiger partial charge in [0.1, 0.15) is 6.54 Å². The van der Waals surface area contributed by atoms with E-state index in [1.54, 1.807) is 11.8 Å². The standard InChI is InChI=1S/C10H18BrNO3/c1-3-7-12(9(13)5-6-11)8-10(14)15-4-2/h3-8H2,1-2H3. The number of carbonyl (C=O) groups excluding carboxylic acids is 2. The molecule has 1 amide bonds. The SMILES string of the molecule is CCCN(CC(=O)OCC)C(=O)CCBr. The predicted molar refractivity (Wildman–Crippen MR) is 61.9 cm³/mol. The van der Waals surface area contributed by atoms with Crippen molar-refractivity contribution < 1.29 is 14.3 Å². The second-order valence-electron chi connectivity index (χ2n) is 3.06. The molecule has 0 aromatic heterocycles. The van der Waals surface area contributed by atoms with Crippen LogP contribution in [-0.4, -0.2) is 41.8 Å². The van der Waals surface area contributed by atoms with E-state index < -0.39 is 0 Å². The van der Waals surface area contributed by atoms with Gasteiger partial charge in [0, 0.05) is 18.3 Å². The molecule has 4 nitrogen and oxygen atoms in total. The highest BCUT2D eigenvalue weighted by atomic mass is 79.9. The molecular formula is C10H18BrNO3. The lowest BCUT2D eigenvalue weighted by Gasteiger charge is -2.20. The van der Waals surface area contributed by atoms with E-state index in [9.17, 15) is 9.59 Å². The van der Waals surface area contributed by atoms with Crippen LogP contribution in [0, 0.1) is 0 Å². The first-order valence-electron chi connectivity index (χ1n) is 5.15. The van der Waals surface area contributed by atoms with E-state index in [0.29, 0.717) is 24.9 Å². The van der Waals surface area contributed by atoms with Gasteiger partial charge in [0.25, 0.3) is 0 Å². The number of ether oxygens (including phenoxy) is 1. The maximum Gasteiger partial charge on any atom is 0.325 e. The van der Waals surface area contributed by atoms with Gasteiger partial charge in [-0.15, -0.1) is 0 Å². The maximum atomic E-state index is 11.6. The third kappa shape index (κ3) is 6.49. The van der Waals surface area contributed by atoms with Crippen molar-refractivity contribution >= 4 is 27.8 Å². The second-order valence-corrected chi connectivity index (χ2v) is 3.85. The predicted octanol–water partition coefficient (Wildman–Crippen LogP) is 1.57. The zero-order chi connectivity index (χ0) is 11.7. The summed E-state index contributed by atoms with van der Waals surface area (Å²) in [5.74, 6) is -0.351. The van der Waals surface area contributed by atoms with Crippen LogP contribution in [0.5, 0.6) is 0 Å². The number of carbonyl (C=O) groups is 2. The number of hydrogen-bond donors (Lipinski definition) is 0. The highest BCUT2D eigenvalue weighted by Gasteiger charge is 2.15. The van der Waals surface area contributed by atoms with Gasteiger partial charge in [-0.25, -0.2) is 0 Å². The lowest BCUT2D eigenvalue weighted by atomic mass is 10.3. The summed E-state index contributed by atoms with van der Waals surface area (Å²) in [4.78, 5) is 24.3. The molecule has 0 spiro atoms. The summed E-state index contributed by atoms with van der Waals surface area (Å²) < 4.78 is 4.80. The molecule has 0 radical (unpaired) electrons. The Morgan fingerprint density at radius 3 is 2.47 bits per heavy atom. The van der Waals surface area contributed by atoms with Crippen LogP contribution in [0.25, 0.3) is 0 Å². The van der Waals surface area contributed by atoms with Crippen LogP contribution in [-0.2, 0) is 14.3 Å². The van der Waals surface area contributed by atoms with Crippen LogP contribution in [0.2, 0.25) is 0 Å². The first-order chi connectivity index (χ1) is 7.15. The molecule has 0 saturated heterocycles. The molecule has 5 heteroatoms. The fourth-order valence-corrected chi connectivity index (χ4v) is 1.50. The number of hydrogen-bond acceptors (Lipinski definition) is 3. The molecule has 0 rings (SSSR count). The summed E-state index contributed by atoms with van der Waals surface area (Å²) in [6.07, 6.45) is 1.26. The molecule has 0 heterocycles. The van der Waals surface area contributed by atoms with Crippen molar-refractivity contribution in [2.24, 2.45) is 0 Å². The smallest absolute Gasteiger partial charge is 0.325 e. The second kappa shape index (κ2) is 8.71. The first-order valence-corrected chi connectivity index (χ1v) is 6.27. The number of rotatable bonds is 7. The lowest BCUT2D eigenvalue weighted by Crippen LogP contribution is -2.37. The molecule has 0 aromatic carbocycles. The van der Waals surface area contributed by atoms with Crippen LogP contribution >= 0.6 is 15.9 Å². The monoisotopic (exact) mass is 279 g/mol. The molecule has 0 aromatic rings. The summed E-state index contributed by atoms with van der Waals surface area (Å²) in [6, 6.07) is 0. The van der Waals surface area contributed by atoms with Gasteiger partial charge in [-0.2, -0.15) is 0 Å². The van der Waals surface area contributed by atoms with Gasteiger partial charge in [-0.3, -0.25) is 9.59 Å². The molecule has 88 valence electrons. The molecule has 0 bridgehead atoms. The maximum absolute atomic E-state index is 11.6. The molecule has 0 fully saturated rings. The van der Waals surface area contributed by atoms with E-state index in [4.69, 9.17) is 4.74 Å². The molecule has 0 aliphatic heterocycles. The van der Waals surface area contributed by atoms with Crippen molar-refractivity contribution in [1.82, 2.24) is 4.90 Å². The van der Waals surface area contributed by atoms with Crippen molar-refractivity contribution in [3.8, 4) is 0 Å². The van der Waals surface area contributed by atoms with Gasteiger partial charge < -0.3 is 9.64 Å². The highest BCUT2D eigenvalue weighted by molar-refractivity contribution is 9.09. The number of nitrogens with zero attached hydrogens (tertiary/aromatic N) is 1. The Morgan fingerprint density at radius 1 is 1.33 bits per heavy atom. The molecule has 0 aliphatic rings. The average Bonchev–Trinajstić information content (AvgIpc) is 2.18. The van der Waals surface area contributed by atoms with E-state index in [1.165, 1.54) is 0 Å². The summed E-state index contributed by atoms with van der Waals surface area (Å²) in [7, 11) is 0. The highest BCUT2D eigenvalue weighted by Crippen LogP contribution is 1.99. The molecule has 0 aliphatic carbocycles. The zero-order valence-electron chi connectivity index (χ0n) is 9.29. The van der Waals surface area contributed by atoms with E-state index >= 15 is 0 Å². The topological polar surface area (TPSA) is 46.6 Å². The van der Waals surface area contributed by atoms with Crippen LogP contribution in [0.4, 0.5) is 0 Å². The molecular weight excluding hydrogens is 262 g/mol. The van der Waals surface area contributed by atoms with E-state index in [2.05, 4.69) is 15.9 Å². The number of esters is 1. The van der Waals surface area contributed by atoms with E-state index in [-0.39, 0.29) is 18.4 Å². The number of amides is 1. The lowest BCUT2D eigenvalue weighted by molar-refractivity contribution is -0.148. The third-order valence-electron chi connectivity index (χ3n) is 1.78. The van der Waals surface area contributed by atoms with Crippen LogP contribution < -0.4 is 0 Å². The molecule has 0 N–H and O–H groups in total. The summed E-state index contributed by atoms with van der Waals surface area (Å²) in [6.45, 7) is 4.74. The van der Waals surface area contributed by atoms with Gasteiger partial charge in [-0.1, -0.05) is 22.9 Å². The fraction of sp³-hybridized carbons (Fsp3) is 0.800. The van der Waals surface area contributed by atoms with Crippen molar-refractivity contribution in [2.45, 2.75) is 26.7 Å². The Hall–Kier alpha value is -0.580. The Bertz CT molecular complexity index is 209. The minimum absolute atomic E-state index is 0.0122. The summed E-state index contributed by atoms with van der Waals surface area (Å²) >= 11 is 3.20. The van der Waals surface area contributed by atoms with Crippen LogP contribution in [0.3, 0.4) is 0 Å². The Labute approximate surface area is 99.1 Å². The van der Waals surface area contributed by atoms with Gasteiger partial charge in [0.2, 0.25) is 5.91 Å². The van der Waals surface area contributed by atoms with E-state index in [0.717, 1.165) is 6.42 Å². The normalized spacial score (nSPS) is 9.80. The van der Waals surface area contributed by atoms with Crippen LogP contribution in [0.15, 0.2) is 0 Å². The van der Waals surface area contributed by atoms with E-state index in [1.807, 2.05) is 6.92 Å². The minimum Gasteiger partial charge on any atom is -0.465 e. The Morgan fingerprint density at radius 2 is 2.00 bits per heavy atom. The number of alkyl halides is 1. The van der Waals surface area contributed by atoms with Gasteiger partial charge >= 0.3 is 5.97 Å². The summed E-state index contributed by atoms with van der Waals surface area (Å²) in [5, 5.41) is 0.620. The van der Waals surface area contributed by atoms with Crippen molar-refractivity contribution in [3.63, 3.8) is 0 Å². The fourth-order valence-electron chi connectivity index (χ4n) is 1.16. The van der Waals surface area contributed by atoms with Crippen molar-refractivity contribution in [2.75, 3.05) is 25.0 Å². The summed E-state index contributed by atoms with van der Waals surface area (Å²) in [5.41, 5.74) is 0. The Balaban J connectivity index is 4.13. The number of halogens is 1. The van der Waals surface area contributed by atoms with Crippen LogP contribution in [0.1, 0.15) is 26.7 Å². The zero-order valence-corrected chi connectivity index (χ0v) is 10.9. The van der Waals surface area contributed by atoms with Crippen molar-refractivity contribution in [1.29, 1.82) is 0 Å². The largest absolute Gasteiger partial charge is 0.465 e. The third-order valence-corrected chi connectivity index (χ3v) is 2.18. The first kappa shape index (κ1) is 14.4. The quantitative estimate of drug-likeness (QED) is 0.525. The Kier molecular flexibility index (Phi) is 8.37. The minimum atomic E-state index is -0.339. The molecule has 15 heavy (non-hydrogen) atoms. The molecule has 0 saturated carbocycles.